The second-order valence-corrected chi connectivity index (χ2v) is 3.76. The molecule has 0 aliphatic carbocycles. The van der Waals surface area contributed by atoms with E-state index in [1.54, 1.807) is 4.68 Å². The van der Waals surface area contributed by atoms with Crippen molar-refractivity contribution in [2.75, 3.05) is 0 Å². The highest BCUT2D eigenvalue weighted by molar-refractivity contribution is 5.77. The van der Waals surface area contributed by atoms with Crippen molar-refractivity contribution in [2.24, 2.45) is 0 Å². The van der Waals surface area contributed by atoms with Crippen molar-refractivity contribution < 1.29 is 4.79 Å². The standard InChI is InChI=1S/C11H19N3O/c1-3-5-6-7-10-8-14(13-12-10)9-11(15)4-2/h8H,3-7,9H2,1-2H3. The maximum absolute atomic E-state index is 11.2. The third-order valence-electron chi connectivity index (χ3n) is 2.36. The Labute approximate surface area is 90.7 Å². The van der Waals surface area contributed by atoms with E-state index in [0.717, 1.165) is 18.5 Å². The molecule has 0 fully saturated rings. The Morgan fingerprint density at radius 2 is 2.20 bits per heavy atom. The van der Waals surface area contributed by atoms with Crippen LogP contribution < -0.4 is 0 Å². The first-order valence-corrected chi connectivity index (χ1v) is 5.67. The number of carbonyl (C=O) groups excluding carboxylic acids is 1. The van der Waals surface area contributed by atoms with E-state index in [1.807, 2.05) is 13.1 Å². The van der Waals surface area contributed by atoms with Crippen molar-refractivity contribution >= 4 is 5.78 Å². The van der Waals surface area contributed by atoms with Crippen LogP contribution in [0.2, 0.25) is 0 Å². The highest BCUT2D eigenvalue weighted by atomic mass is 16.1. The molecule has 0 radical (unpaired) electrons. The number of hydrogen-bond donors (Lipinski definition) is 0. The summed E-state index contributed by atoms with van der Waals surface area (Å²) in [6.45, 7) is 4.40. The number of hydrogen-bond acceptors (Lipinski definition) is 3. The highest BCUT2D eigenvalue weighted by Gasteiger charge is 2.03. The summed E-state index contributed by atoms with van der Waals surface area (Å²) in [4.78, 5) is 11.2. The quantitative estimate of drug-likeness (QED) is 0.645. The van der Waals surface area contributed by atoms with Gasteiger partial charge in [-0.3, -0.25) is 4.79 Å². The van der Waals surface area contributed by atoms with Gasteiger partial charge in [0.15, 0.2) is 5.78 Å². The van der Waals surface area contributed by atoms with E-state index in [4.69, 9.17) is 0 Å². The Morgan fingerprint density at radius 1 is 1.40 bits per heavy atom. The van der Waals surface area contributed by atoms with Crippen molar-refractivity contribution in [3.05, 3.63) is 11.9 Å². The lowest BCUT2D eigenvalue weighted by Crippen LogP contribution is -2.09. The monoisotopic (exact) mass is 209 g/mol. The number of carbonyl (C=O) groups is 1. The van der Waals surface area contributed by atoms with Crippen LogP contribution in [0.4, 0.5) is 0 Å². The van der Waals surface area contributed by atoms with Crippen LogP contribution in [-0.2, 0) is 17.8 Å². The Balaban J connectivity index is 2.38. The lowest BCUT2D eigenvalue weighted by Gasteiger charge is -1.95. The normalized spacial score (nSPS) is 10.5. The molecule has 1 aromatic rings. The Morgan fingerprint density at radius 3 is 2.87 bits per heavy atom. The van der Waals surface area contributed by atoms with E-state index in [2.05, 4.69) is 17.2 Å². The Kier molecular flexibility index (Phi) is 5.01. The first-order valence-electron chi connectivity index (χ1n) is 5.67. The summed E-state index contributed by atoms with van der Waals surface area (Å²) in [6.07, 6.45) is 6.99. The summed E-state index contributed by atoms with van der Waals surface area (Å²) < 4.78 is 1.63. The van der Waals surface area contributed by atoms with Gasteiger partial charge in [-0.2, -0.15) is 0 Å². The number of nitrogens with zero attached hydrogens (tertiary/aromatic N) is 3. The number of Topliss-reactive ketones (excluding diaryl/α,β-unsaturated/α-hetero) is 1. The van der Waals surface area contributed by atoms with Gasteiger partial charge in [0.05, 0.1) is 5.69 Å². The van der Waals surface area contributed by atoms with Gasteiger partial charge in [0.25, 0.3) is 0 Å². The minimum Gasteiger partial charge on any atom is -0.298 e. The van der Waals surface area contributed by atoms with Crippen LogP contribution in [0.25, 0.3) is 0 Å². The molecule has 84 valence electrons. The maximum Gasteiger partial charge on any atom is 0.154 e. The molecule has 0 atom stereocenters. The van der Waals surface area contributed by atoms with Crippen LogP contribution in [0.15, 0.2) is 6.20 Å². The summed E-state index contributed by atoms with van der Waals surface area (Å²) in [5.74, 6) is 0.194. The molecule has 4 heteroatoms. The number of ketones is 1. The molecule has 1 aromatic heterocycles. The van der Waals surface area contributed by atoms with Gasteiger partial charge >= 0.3 is 0 Å². The fourth-order valence-electron chi connectivity index (χ4n) is 1.38. The minimum absolute atomic E-state index is 0.194. The zero-order valence-corrected chi connectivity index (χ0v) is 9.57. The molecule has 15 heavy (non-hydrogen) atoms. The number of unbranched alkanes of at least 4 members (excludes halogenated alkanes) is 2. The van der Waals surface area contributed by atoms with Crippen LogP contribution in [-0.4, -0.2) is 20.8 Å². The van der Waals surface area contributed by atoms with Crippen LogP contribution in [0.3, 0.4) is 0 Å². The van der Waals surface area contributed by atoms with Crippen LogP contribution >= 0.6 is 0 Å². The van der Waals surface area contributed by atoms with Crippen molar-refractivity contribution in [3.8, 4) is 0 Å². The smallest absolute Gasteiger partial charge is 0.154 e. The summed E-state index contributed by atoms with van der Waals surface area (Å²) in [5, 5.41) is 7.96. The fourth-order valence-corrected chi connectivity index (χ4v) is 1.38. The highest BCUT2D eigenvalue weighted by Crippen LogP contribution is 2.03. The van der Waals surface area contributed by atoms with Gasteiger partial charge in [-0.25, -0.2) is 4.68 Å². The minimum atomic E-state index is 0.194. The largest absolute Gasteiger partial charge is 0.298 e. The van der Waals surface area contributed by atoms with Crippen molar-refractivity contribution in [1.29, 1.82) is 0 Å². The number of rotatable bonds is 7. The van der Waals surface area contributed by atoms with Crippen molar-refractivity contribution in [3.63, 3.8) is 0 Å². The SMILES string of the molecule is CCCCCc1cn(CC(=O)CC)nn1. The van der Waals surface area contributed by atoms with Crippen molar-refractivity contribution in [2.45, 2.75) is 52.5 Å². The van der Waals surface area contributed by atoms with Gasteiger partial charge in [-0.05, 0) is 12.8 Å². The lowest BCUT2D eigenvalue weighted by atomic mass is 10.2. The molecule has 0 saturated heterocycles. The molecule has 0 saturated carbocycles. The van der Waals surface area contributed by atoms with Gasteiger partial charge in [-0.15, -0.1) is 5.10 Å². The van der Waals surface area contributed by atoms with E-state index < -0.39 is 0 Å². The summed E-state index contributed by atoms with van der Waals surface area (Å²) in [7, 11) is 0. The van der Waals surface area contributed by atoms with E-state index in [0.29, 0.717) is 13.0 Å². The topological polar surface area (TPSA) is 47.8 Å². The molecule has 0 aliphatic rings. The third-order valence-corrected chi connectivity index (χ3v) is 2.36. The first kappa shape index (κ1) is 11.9. The molecule has 0 spiro atoms. The van der Waals surface area contributed by atoms with E-state index in [1.165, 1.54) is 12.8 Å². The second kappa shape index (κ2) is 6.32. The van der Waals surface area contributed by atoms with Gasteiger partial charge in [-0.1, -0.05) is 31.9 Å². The zero-order chi connectivity index (χ0) is 11.1. The molecule has 4 nitrogen and oxygen atoms in total. The van der Waals surface area contributed by atoms with E-state index >= 15 is 0 Å². The summed E-state index contributed by atoms with van der Waals surface area (Å²) >= 11 is 0. The average molecular weight is 209 g/mol. The van der Waals surface area contributed by atoms with Gasteiger partial charge in [0.1, 0.15) is 6.54 Å². The summed E-state index contributed by atoms with van der Waals surface area (Å²) in [5.41, 5.74) is 0.993. The number of aryl methyl sites for hydroxylation is 1. The third kappa shape index (κ3) is 4.23. The molecule has 1 heterocycles. The van der Waals surface area contributed by atoms with Gasteiger partial charge in [0.2, 0.25) is 0 Å². The molecule has 0 aromatic carbocycles. The fraction of sp³-hybridized carbons (Fsp3) is 0.727. The summed E-state index contributed by atoms with van der Waals surface area (Å²) in [6, 6.07) is 0. The molecule has 0 unspecified atom stereocenters. The van der Waals surface area contributed by atoms with E-state index in [9.17, 15) is 4.79 Å². The molecule has 0 amide bonds. The average Bonchev–Trinajstić information content (AvgIpc) is 2.66. The Hall–Kier alpha value is -1.19. The maximum atomic E-state index is 11.2. The predicted octanol–water partition coefficient (Wildman–Crippen LogP) is 1.99. The lowest BCUT2D eigenvalue weighted by molar-refractivity contribution is -0.119. The van der Waals surface area contributed by atoms with Crippen LogP contribution in [0.1, 0.15) is 45.2 Å². The molecule has 0 aliphatic heterocycles. The van der Waals surface area contributed by atoms with Crippen LogP contribution in [0.5, 0.6) is 0 Å². The molecule has 0 bridgehead atoms. The predicted molar refractivity (Wildman–Crippen MR) is 58.5 cm³/mol. The molecular weight excluding hydrogens is 190 g/mol. The molecule has 1 rings (SSSR count). The van der Waals surface area contributed by atoms with Gasteiger partial charge < -0.3 is 0 Å². The second-order valence-electron chi connectivity index (χ2n) is 3.76. The van der Waals surface area contributed by atoms with Crippen molar-refractivity contribution in [1.82, 2.24) is 15.0 Å². The van der Waals surface area contributed by atoms with E-state index in [-0.39, 0.29) is 5.78 Å². The molecule has 0 N–H and O–H groups in total. The zero-order valence-electron chi connectivity index (χ0n) is 9.57. The van der Waals surface area contributed by atoms with Gasteiger partial charge in [0, 0.05) is 12.6 Å². The molecular formula is C11H19N3O. The Bertz CT molecular complexity index is 307. The number of aromatic nitrogens is 3. The van der Waals surface area contributed by atoms with Crippen LogP contribution in [0, 0.1) is 0 Å². The first-order chi connectivity index (χ1) is 7.26.